The Morgan fingerprint density at radius 1 is 1.26 bits per heavy atom. The molecule has 19 heavy (non-hydrogen) atoms. The Balaban J connectivity index is 2.23. The van der Waals surface area contributed by atoms with Gasteiger partial charge in [-0.05, 0) is 43.9 Å². The number of rotatable bonds is 6. The van der Waals surface area contributed by atoms with E-state index in [1.54, 1.807) is 0 Å². The third-order valence-corrected chi connectivity index (χ3v) is 3.82. The first-order valence-electron chi connectivity index (χ1n) is 7.16. The minimum atomic E-state index is -0.693. The molecular formula is C14H26N2O3. The van der Waals surface area contributed by atoms with Gasteiger partial charge in [0.05, 0.1) is 12.0 Å². The van der Waals surface area contributed by atoms with Crippen molar-refractivity contribution >= 4 is 11.9 Å². The number of nitrogens with two attached hydrogens (primary N) is 1. The van der Waals surface area contributed by atoms with Gasteiger partial charge in [-0.1, -0.05) is 13.8 Å². The van der Waals surface area contributed by atoms with Crippen LogP contribution in [-0.4, -0.2) is 29.6 Å². The molecule has 1 saturated carbocycles. The second-order valence-corrected chi connectivity index (χ2v) is 6.04. The van der Waals surface area contributed by atoms with Crippen molar-refractivity contribution < 1.29 is 14.7 Å². The van der Waals surface area contributed by atoms with Gasteiger partial charge in [-0.15, -0.1) is 0 Å². The predicted molar refractivity (Wildman–Crippen MR) is 73.5 cm³/mol. The summed E-state index contributed by atoms with van der Waals surface area (Å²) in [4.78, 5) is 22.6. The highest BCUT2D eigenvalue weighted by Crippen LogP contribution is 2.28. The van der Waals surface area contributed by atoms with E-state index in [1.165, 1.54) is 0 Å². The number of amides is 1. The lowest BCUT2D eigenvalue weighted by Crippen LogP contribution is -2.43. The van der Waals surface area contributed by atoms with Crippen LogP contribution in [0.5, 0.6) is 0 Å². The van der Waals surface area contributed by atoms with Gasteiger partial charge in [0, 0.05) is 6.54 Å². The summed E-state index contributed by atoms with van der Waals surface area (Å²) in [5, 5.41) is 11.8. The van der Waals surface area contributed by atoms with Gasteiger partial charge in [-0.25, -0.2) is 0 Å². The first-order chi connectivity index (χ1) is 8.90. The zero-order valence-electron chi connectivity index (χ0n) is 11.9. The van der Waals surface area contributed by atoms with Crippen molar-refractivity contribution in [3.8, 4) is 0 Å². The normalized spacial score (nSPS) is 25.1. The summed E-state index contributed by atoms with van der Waals surface area (Å²) in [5.74, 6) is -0.178. The molecule has 5 nitrogen and oxygen atoms in total. The minimum Gasteiger partial charge on any atom is -0.481 e. The highest BCUT2D eigenvalue weighted by atomic mass is 16.4. The SMILES string of the molecule is CC(C)CC(N)C(=O)NCC1CCC(C(=O)O)CC1. The van der Waals surface area contributed by atoms with Gasteiger partial charge in [0.25, 0.3) is 0 Å². The first-order valence-corrected chi connectivity index (χ1v) is 7.16. The van der Waals surface area contributed by atoms with E-state index in [0.29, 0.717) is 37.6 Å². The summed E-state index contributed by atoms with van der Waals surface area (Å²) in [6.45, 7) is 4.71. The van der Waals surface area contributed by atoms with Crippen molar-refractivity contribution in [3.63, 3.8) is 0 Å². The number of hydrogen-bond donors (Lipinski definition) is 3. The van der Waals surface area contributed by atoms with Crippen LogP contribution in [0.3, 0.4) is 0 Å². The van der Waals surface area contributed by atoms with Crippen molar-refractivity contribution in [3.05, 3.63) is 0 Å². The van der Waals surface area contributed by atoms with Crippen molar-refractivity contribution in [1.82, 2.24) is 5.32 Å². The van der Waals surface area contributed by atoms with Crippen LogP contribution < -0.4 is 11.1 Å². The fourth-order valence-corrected chi connectivity index (χ4v) is 2.60. The maximum absolute atomic E-state index is 11.8. The molecule has 0 aromatic rings. The lowest BCUT2D eigenvalue weighted by molar-refractivity contribution is -0.143. The largest absolute Gasteiger partial charge is 0.481 e. The third-order valence-electron chi connectivity index (χ3n) is 3.82. The Hall–Kier alpha value is -1.10. The van der Waals surface area contributed by atoms with E-state index >= 15 is 0 Å². The molecule has 1 amide bonds. The summed E-state index contributed by atoms with van der Waals surface area (Å²) < 4.78 is 0. The standard InChI is InChI=1S/C14H26N2O3/c1-9(2)7-12(15)13(17)16-8-10-3-5-11(6-4-10)14(18)19/h9-12H,3-8,15H2,1-2H3,(H,16,17)(H,18,19). The van der Waals surface area contributed by atoms with Crippen LogP contribution in [0.1, 0.15) is 46.0 Å². The van der Waals surface area contributed by atoms with Crippen LogP contribution in [0.25, 0.3) is 0 Å². The molecule has 1 fully saturated rings. The molecule has 0 saturated heterocycles. The molecule has 1 aliphatic carbocycles. The molecular weight excluding hydrogens is 244 g/mol. The zero-order valence-corrected chi connectivity index (χ0v) is 11.9. The van der Waals surface area contributed by atoms with Crippen molar-refractivity contribution in [2.45, 2.75) is 52.0 Å². The molecule has 0 bridgehead atoms. The lowest BCUT2D eigenvalue weighted by Gasteiger charge is -2.26. The topological polar surface area (TPSA) is 92.4 Å². The van der Waals surface area contributed by atoms with Gasteiger partial charge in [0.1, 0.15) is 0 Å². The Morgan fingerprint density at radius 2 is 1.84 bits per heavy atom. The molecule has 1 rings (SSSR count). The number of carbonyl (C=O) groups is 2. The van der Waals surface area contributed by atoms with E-state index in [2.05, 4.69) is 5.32 Å². The Labute approximate surface area is 114 Å². The van der Waals surface area contributed by atoms with Crippen molar-refractivity contribution in [1.29, 1.82) is 0 Å². The molecule has 1 aliphatic rings. The van der Waals surface area contributed by atoms with Gasteiger partial charge in [-0.3, -0.25) is 9.59 Å². The maximum atomic E-state index is 11.8. The molecule has 110 valence electrons. The average molecular weight is 270 g/mol. The van der Waals surface area contributed by atoms with E-state index in [1.807, 2.05) is 13.8 Å². The number of aliphatic carboxylic acids is 1. The molecule has 0 heterocycles. The van der Waals surface area contributed by atoms with Crippen LogP contribution in [0.2, 0.25) is 0 Å². The van der Waals surface area contributed by atoms with Gasteiger partial charge >= 0.3 is 5.97 Å². The predicted octanol–water partition coefficient (Wildman–Crippen LogP) is 1.37. The van der Waals surface area contributed by atoms with E-state index in [9.17, 15) is 9.59 Å². The number of carbonyl (C=O) groups excluding carboxylic acids is 1. The number of hydrogen-bond acceptors (Lipinski definition) is 3. The second kappa shape index (κ2) is 7.48. The van der Waals surface area contributed by atoms with Gasteiger partial charge < -0.3 is 16.2 Å². The molecule has 1 unspecified atom stereocenters. The summed E-state index contributed by atoms with van der Waals surface area (Å²) in [6, 6.07) is -0.435. The Bertz CT molecular complexity index is 310. The molecule has 0 aliphatic heterocycles. The first kappa shape index (κ1) is 16.0. The van der Waals surface area contributed by atoms with Crippen LogP contribution in [-0.2, 0) is 9.59 Å². The highest BCUT2D eigenvalue weighted by Gasteiger charge is 2.26. The van der Waals surface area contributed by atoms with Crippen LogP contribution in [0.15, 0.2) is 0 Å². The number of carboxylic acids is 1. The van der Waals surface area contributed by atoms with Crippen molar-refractivity contribution in [2.24, 2.45) is 23.5 Å². The molecule has 1 atom stereocenters. The Morgan fingerprint density at radius 3 is 2.32 bits per heavy atom. The summed E-state index contributed by atoms with van der Waals surface area (Å²) in [7, 11) is 0. The van der Waals surface area contributed by atoms with Crippen LogP contribution in [0.4, 0.5) is 0 Å². The molecule has 0 aromatic heterocycles. The monoisotopic (exact) mass is 270 g/mol. The second-order valence-electron chi connectivity index (χ2n) is 6.04. The van der Waals surface area contributed by atoms with Crippen LogP contribution >= 0.6 is 0 Å². The van der Waals surface area contributed by atoms with E-state index < -0.39 is 12.0 Å². The molecule has 5 heteroatoms. The highest BCUT2D eigenvalue weighted by molar-refractivity contribution is 5.81. The molecule has 0 spiro atoms. The van der Waals surface area contributed by atoms with Gasteiger partial charge in [0.2, 0.25) is 5.91 Å². The third kappa shape index (κ3) is 5.59. The lowest BCUT2D eigenvalue weighted by atomic mass is 9.82. The average Bonchev–Trinajstić information content (AvgIpc) is 2.35. The quantitative estimate of drug-likeness (QED) is 0.679. The smallest absolute Gasteiger partial charge is 0.306 e. The summed E-state index contributed by atoms with van der Waals surface area (Å²) >= 11 is 0. The maximum Gasteiger partial charge on any atom is 0.306 e. The van der Waals surface area contributed by atoms with E-state index in [0.717, 1.165) is 12.8 Å². The molecule has 4 N–H and O–H groups in total. The fourth-order valence-electron chi connectivity index (χ4n) is 2.60. The Kier molecular flexibility index (Phi) is 6.28. The van der Waals surface area contributed by atoms with Gasteiger partial charge in [0.15, 0.2) is 0 Å². The van der Waals surface area contributed by atoms with Crippen molar-refractivity contribution in [2.75, 3.05) is 6.54 Å². The zero-order chi connectivity index (χ0) is 14.4. The van der Waals surface area contributed by atoms with Crippen LogP contribution in [0, 0.1) is 17.8 Å². The summed E-state index contributed by atoms with van der Waals surface area (Å²) in [6.07, 6.45) is 3.87. The summed E-state index contributed by atoms with van der Waals surface area (Å²) in [5.41, 5.74) is 5.81. The van der Waals surface area contributed by atoms with Gasteiger partial charge in [-0.2, -0.15) is 0 Å². The van der Waals surface area contributed by atoms with E-state index in [-0.39, 0.29) is 11.8 Å². The minimum absolute atomic E-state index is 0.0888. The molecule has 0 aromatic carbocycles. The number of nitrogens with one attached hydrogen (secondary N) is 1. The number of carboxylic acid groups (broad SMARTS) is 1. The fraction of sp³-hybridized carbons (Fsp3) is 0.857. The molecule has 0 radical (unpaired) electrons. The van der Waals surface area contributed by atoms with E-state index in [4.69, 9.17) is 10.8 Å².